The fourth-order valence-corrected chi connectivity index (χ4v) is 4.32. The molecule has 1 aliphatic rings. The number of methoxy groups -OCH3 is 2. The summed E-state index contributed by atoms with van der Waals surface area (Å²) in [6.45, 7) is 0. The van der Waals surface area contributed by atoms with Crippen molar-refractivity contribution in [3.8, 4) is 5.75 Å². The number of hydrogen-bond donors (Lipinski definition) is 2. The van der Waals surface area contributed by atoms with Crippen molar-refractivity contribution in [3.63, 3.8) is 0 Å². The van der Waals surface area contributed by atoms with Crippen LogP contribution < -0.4 is 15.4 Å². The van der Waals surface area contributed by atoms with E-state index in [0.29, 0.717) is 10.7 Å². The molecule has 1 aliphatic carbocycles. The van der Waals surface area contributed by atoms with Crippen molar-refractivity contribution in [2.24, 2.45) is 0 Å². The van der Waals surface area contributed by atoms with Crippen LogP contribution in [0, 0.1) is 0 Å². The first kappa shape index (κ1) is 16.7. The molecule has 0 spiro atoms. The van der Waals surface area contributed by atoms with Gasteiger partial charge in [-0.15, -0.1) is 11.3 Å². The number of esters is 1. The van der Waals surface area contributed by atoms with Crippen LogP contribution in [-0.2, 0) is 17.6 Å². The second-order valence-corrected chi connectivity index (χ2v) is 6.87. The number of nitrogens with one attached hydrogen (secondary N) is 2. The van der Waals surface area contributed by atoms with Gasteiger partial charge in [0.1, 0.15) is 10.8 Å². The summed E-state index contributed by atoms with van der Waals surface area (Å²) in [4.78, 5) is 13.4. The first-order valence-electron chi connectivity index (χ1n) is 7.57. The molecule has 3 rings (SSSR count). The van der Waals surface area contributed by atoms with E-state index in [4.69, 9.17) is 21.7 Å². The van der Waals surface area contributed by atoms with Crippen LogP contribution in [0.2, 0.25) is 0 Å². The minimum absolute atomic E-state index is 0.316. The molecule has 0 unspecified atom stereocenters. The Bertz CT molecular complexity index is 769. The molecule has 1 aromatic heterocycles. The number of anilines is 2. The monoisotopic (exact) mass is 362 g/mol. The molecule has 0 bridgehead atoms. The fourth-order valence-electron chi connectivity index (χ4n) is 2.75. The summed E-state index contributed by atoms with van der Waals surface area (Å²) >= 11 is 6.95. The highest BCUT2D eigenvalue weighted by Crippen LogP contribution is 2.39. The summed E-state index contributed by atoms with van der Waals surface area (Å²) in [5.41, 5.74) is 2.56. The van der Waals surface area contributed by atoms with Crippen molar-refractivity contribution < 1.29 is 14.3 Å². The van der Waals surface area contributed by atoms with Gasteiger partial charge < -0.3 is 20.1 Å². The van der Waals surface area contributed by atoms with Gasteiger partial charge in [-0.25, -0.2) is 4.79 Å². The topological polar surface area (TPSA) is 59.6 Å². The fraction of sp³-hybridized carbons (Fsp3) is 0.294. The number of benzene rings is 1. The van der Waals surface area contributed by atoms with E-state index in [1.165, 1.54) is 12.0 Å². The van der Waals surface area contributed by atoms with E-state index in [-0.39, 0.29) is 5.97 Å². The number of fused-ring (bicyclic) bond motifs is 1. The lowest BCUT2D eigenvalue weighted by molar-refractivity contribution is 0.0601. The zero-order valence-electron chi connectivity index (χ0n) is 13.5. The Kier molecular flexibility index (Phi) is 5.01. The number of aryl methyl sites for hydroxylation is 1. The van der Waals surface area contributed by atoms with E-state index < -0.39 is 0 Å². The Hall–Kier alpha value is -2.12. The molecule has 2 aromatic rings. The third-order valence-corrected chi connectivity index (χ3v) is 5.30. The zero-order chi connectivity index (χ0) is 17.1. The SMILES string of the molecule is COC(=O)c1c(NC(=S)Nc2ccc(OC)cc2)sc2c1CCC2. The number of hydrogen-bond acceptors (Lipinski definition) is 5. The molecule has 0 amide bonds. The van der Waals surface area contributed by atoms with Crippen molar-refractivity contribution >= 4 is 45.3 Å². The minimum Gasteiger partial charge on any atom is -0.497 e. The first-order valence-corrected chi connectivity index (χ1v) is 8.79. The van der Waals surface area contributed by atoms with Crippen molar-refractivity contribution in [2.75, 3.05) is 24.9 Å². The number of ether oxygens (including phenoxy) is 2. The maximum Gasteiger partial charge on any atom is 0.341 e. The first-order chi connectivity index (χ1) is 11.6. The lowest BCUT2D eigenvalue weighted by atomic mass is 10.1. The maximum absolute atomic E-state index is 12.1. The Labute approximate surface area is 150 Å². The Balaban J connectivity index is 1.75. The van der Waals surface area contributed by atoms with E-state index in [1.807, 2.05) is 24.3 Å². The van der Waals surface area contributed by atoms with Crippen LogP contribution >= 0.6 is 23.6 Å². The molecule has 7 heteroatoms. The van der Waals surface area contributed by atoms with Gasteiger partial charge in [-0.05, 0) is 61.3 Å². The average molecular weight is 362 g/mol. The van der Waals surface area contributed by atoms with Gasteiger partial charge in [0.05, 0.1) is 19.8 Å². The van der Waals surface area contributed by atoms with Crippen LogP contribution in [0.15, 0.2) is 24.3 Å². The second kappa shape index (κ2) is 7.19. The van der Waals surface area contributed by atoms with Crippen LogP contribution in [0.5, 0.6) is 5.75 Å². The van der Waals surface area contributed by atoms with E-state index in [9.17, 15) is 4.79 Å². The highest BCUT2D eigenvalue weighted by Gasteiger charge is 2.27. The summed E-state index contributed by atoms with van der Waals surface area (Å²) in [7, 11) is 3.03. The molecule has 0 atom stereocenters. The van der Waals surface area contributed by atoms with E-state index in [1.54, 1.807) is 18.4 Å². The van der Waals surface area contributed by atoms with Crippen LogP contribution in [0.1, 0.15) is 27.2 Å². The van der Waals surface area contributed by atoms with E-state index in [0.717, 1.165) is 41.3 Å². The number of carbonyl (C=O) groups is 1. The molecule has 0 radical (unpaired) electrons. The predicted molar refractivity (Wildman–Crippen MR) is 101 cm³/mol. The Morgan fingerprint density at radius 1 is 1.17 bits per heavy atom. The summed E-state index contributed by atoms with van der Waals surface area (Å²) < 4.78 is 10.1. The van der Waals surface area contributed by atoms with E-state index in [2.05, 4.69) is 10.6 Å². The van der Waals surface area contributed by atoms with Gasteiger partial charge in [0.25, 0.3) is 0 Å². The highest BCUT2D eigenvalue weighted by atomic mass is 32.1. The van der Waals surface area contributed by atoms with Gasteiger partial charge in [-0.1, -0.05) is 0 Å². The van der Waals surface area contributed by atoms with Crippen LogP contribution in [-0.4, -0.2) is 25.3 Å². The van der Waals surface area contributed by atoms with Crippen molar-refractivity contribution in [2.45, 2.75) is 19.3 Å². The Morgan fingerprint density at radius 3 is 2.58 bits per heavy atom. The smallest absolute Gasteiger partial charge is 0.341 e. The molecule has 1 aromatic carbocycles. The second-order valence-electron chi connectivity index (χ2n) is 5.36. The largest absolute Gasteiger partial charge is 0.497 e. The van der Waals surface area contributed by atoms with Gasteiger partial charge in [0.15, 0.2) is 5.11 Å². The molecular weight excluding hydrogens is 344 g/mol. The number of thiocarbonyl (C=S) groups is 1. The predicted octanol–water partition coefficient (Wildman–Crippen LogP) is 3.84. The summed E-state index contributed by atoms with van der Waals surface area (Å²) in [5, 5.41) is 7.43. The molecule has 1 heterocycles. The average Bonchev–Trinajstić information content (AvgIpc) is 3.15. The molecule has 24 heavy (non-hydrogen) atoms. The third-order valence-electron chi connectivity index (χ3n) is 3.89. The molecule has 0 saturated heterocycles. The van der Waals surface area contributed by atoms with Gasteiger partial charge in [-0.2, -0.15) is 0 Å². The molecule has 2 N–H and O–H groups in total. The zero-order valence-corrected chi connectivity index (χ0v) is 15.1. The number of rotatable bonds is 4. The van der Waals surface area contributed by atoms with Gasteiger partial charge in [0, 0.05) is 10.6 Å². The van der Waals surface area contributed by atoms with Crippen LogP contribution in [0.25, 0.3) is 0 Å². The standard InChI is InChI=1S/C17H18N2O3S2/c1-21-11-8-6-10(7-9-11)18-17(23)19-15-14(16(20)22-2)12-4-3-5-13(12)24-15/h6-9H,3-5H2,1-2H3,(H2,18,19,23). The number of thiophene rings is 1. The quantitative estimate of drug-likeness (QED) is 0.637. The van der Waals surface area contributed by atoms with E-state index >= 15 is 0 Å². The lowest BCUT2D eigenvalue weighted by Gasteiger charge is -2.11. The molecule has 0 aliphatic heterocycles. The van der Waals surface area contributed by atoms with Crippen molar-refractivity contribution in [1.29, 1.82) is 0 Å². The van der Waals surface area contributed by atoms with Gasteiger partial charge >= 0.3 is 5.97 Å². The molecule has 0 fully saturated rings. The lowest BCUT2D eigenvalue weighted by Crippen LogP contribution is -2.20. The van der Waals surface area contributed by atoms with Crippen LogP contribution in [0.4, 0.5) is 10.7 Å². The molecule has 5 nitrogen and oxygen atoms in total. The maximum atomic E-state index is 12.1. The van der Waals surface area contributed by atoms with Crippen LogP contribution in [0.3, 0.4) is 0 Å². The molecule has 0 saturated carbocycles. The summed E-state index contributed by atoms with van der Waals surface area (Å²) in [6, 6.07) is 7.46. The summed E-state index contributed by atoms with van der Waals surface area (Å²) in [5.74, 6) is 0.464. The highest BCUT2D eigenvalue weighted by molar-refractivity contribution is 7.80. The third kappa shape index (κ3) is 3.37. The van der Waals surface area contributed by atoms with Crippen molar-refractivity contribution in [1.82, 2.24) is 0 Å². The Morgan fingerprint density at radius 2 is 1.92 bits per heavy atom. The minimum atomic E-state index is -0.316. The number of carbonyl (C=O) groups excluding carboxylic acids is 1. The molecule has 126 valence electrons. The van der Waals surface area contributed by atoms with Gasteiger partial charge in [-0.3, -0.25) is 0 Å². The molecular formula is C17H18N2O3S2. The van der Waals surface area contributed by atoms with Gasteiger partial charge in [0.2, 0.25) is 0 Å². The van der Waals surface area contributed by atoms with Crippen molar-refractivity contribution in [3.05, 3.63) is 40.3 Å². The summed E-state index contributed by atoms with van der Waals surface area (Å²) in [6.07, 6.45) is 3.00. The normalized spacial score (nSPS) is 12.4.